The van der Waals surface area contributed by atoms with Crippen LogP contribution < -0.4 is 0 Å². The molecule has 2 atom stereocenters. The maximum absolute atomic E-state index is 13.4. The monoisotopic (exact) mass is 498 g/mol. The molecule has 0 saturated carbocycles. The van der Waals surface area contributed by atoms with Crippen molar-refractivity contribution in [2.45, 2.75) is 17.8 Å². The topological polar surface area (TPSA) is 82.1 Å². The van der Waals surface area contributed by atoms with E-state index in [4.69, 9.17) is 14.2 Å². The molecule has 0 amide bonds. The van der Waals surface area contributed by atoms with Crippen LogP contribution in [-0.2, 0) is 41.6 Å². The van der Waals surface area contributed by atoms with E-state index in [1.165, 1.54) is 19.2 Å². The Labute approximate surface area is 194 Å². The zero-order valence-corrected chi connectivity index (χ0v) is 19.2. The van der Waals surface area contributed by atoms with Crippen molar-refractivity contribution in [2.24, 2.45) is 0 Å². The van der Waals surface area contributed by atoms with E-state index in [9.17, 15) is 14.7 Å². The average molecular weight is 499 g/mol. The second-order valence-corrected chi connectivity index (χ2v) is 7.94. The third-order valence-corrected chi connectivity index (χ3v) is 5.73. The van der Waals surface area contributed by atoms with Gasteiger partial charge in [0.25, 0.3) is 0 Å². The van der Waals surface area contributed by atoms with E-state index >= 15 is 0 Å². The number of ether oxygens (including phenoxy) is 3. The fraction of sp³-hybridized carbons (Fsp3) is 0.200. The first-order valence-corrected chi connectivity index (χ1v) is 10.6. The molecule has 2 unspecified atom stereocenters. The molecule has 3 rings (SSSR count). The van der Waals surface area contributed by atoms with Gasteiger partial charge in [0.1, 0.15) is 0 Å². The van der Waals surface area contributed by atoms with Gasteiger partial charge >= 0.3 is 11.9 Å². The lowest BCUT2D eigenvalue weighted by Gasteiger charge is -2.43. The van der Waals surface area contributed by atoms with E-state index < -0.39 is 23.1 Å². The van der Waals surface area contributed by atoms with Crippen LogP contribution in [0.4, 0.5) is 0 Å². The molecule has 0 aromatic heterocycles. The van der Waals surface area contributed by atoms with Crippen LogP contribution in [0.3, 0.4) is 0 Å². The van der Waals surface area contributed by atoms with Gasteiger partial charge in [0.2, 0.25) is 11.2 Å². The molecule has 0 aliphatic rings. The molecular formula is C25H23BrO6. The Morgan fingerprint density at radius 1 is 0.781 bits per heavy atom. The standard InChI is InChI=1S/C25H23BrO6/c1-30-22(27)24(29,19-13-15-21(26)16-14-19)25(23(28)31-2,20-11-7-4-8-12-20)32-17-18-9-5-3-6-10-18/h3-16,29H,17H2,1-2H3. The van der Waals surface area contributed by atoms with Gasteiger partial charge in [-0.3, -0.25) is 0 Å². The predicted molar refractivity (Wildman–Crippen MR) is 121 cm³/mol. The molecule has 32 heavy (non-hydrogen) atoms. The fourth-order valence-corrected chi connectivity index (χ4v) is 3.87. The summed E-state index contributed by atoms with van der Waals surface area (Å²) in [5.74, 6) is -2.02. The van der Waals surface area contributed by atoms with Crippen LogP contribution >= 0.6 is 15.9 Å². The second-order valence-electron chi connectivity index (χ2n) is 7.02. The van der Waals surface area contributed by atoms with Crippen molar-refractivity contribution in [3.8, 4) is 0 Å². The van der Waals surface area contributed by atoms with E-state index in [0.29, 0.717) is 0 Å². The van der Waals surface area contributed by atoms with Crippen molar-refractivity contribution >= 4 is 27.9 Å². The van der Waals surface area contributed by atoms with Crippen molar-refractivity contribution < 1.29 is 28.9 Å². The summed E-state index contributed by atoms with van der Waals surface area (Å²) >= 11 is 3.34. The molecule has 0 saturated heterocycles. The first-order valence-electron chi connectivity index (χ1n) is 9.78. The summed E-state index contributed by atoms with van der Waals surface area (Å²) in [6.07, 6.45) is 0. The maximum Gasteiger partial charge on any atom is 0.347 e. The fourth-order valence-electron chi connectivity index (χ4n) is 3.61. The van der Waals surface area contributed by atoms with Gasteiger partial charge in [-0.1, -0.05) is 88.7 Å². The van der Waals surface area contributed by atoms with Crippen LogP contribution in [0.1, 0.15) is 16.7 Å². The van der Waals surface area contributed by atoms with Crippen molar-refractivity contribution in [2.75, 3.05) is 14.2 Å². The van der Waals surface area contributed by atoms with Gasteiger partial charge in [-0.15, -0.1) is 0 Å². The Balaban J connectivity index is 2.31. The third kappa shape index (κ3) is 4.19. The average Bonchev–Trinajstić information content (AvgIpc) is 2.85. The molecule has 0 heterocycles. The Kier molecular flexibility index (Phi) is 7.45. The Hall–Kier alpha value is -3.00. The Morgan fingerprint density at radius 2 is 1.31 bits per heavy atom. The molecule has 3 aromatic rings. The first kappa shape index (κ1) is 23.7. The highest BCUT2D eigenvalue weighted by Gasteiger charge is 2.66. The number of esters is 2. The zero-order valence-electron chi connectivity index (χ0n) is 17.7. The number of carbonyl (C=O) groups is 2. The molecule has 166 valence electrons. The van der Waals surface area contributed by atoms with E-state index in [1.807, 2.05) is 30.3 Å². The highest BCUT2D eigenvalue weighted by atomic mass is 79.9. The van der Waals surface area contributed by atoms with Crippen LogP contribution in [0.25, 0.3) is 0 Å². The van der Waals surface area contributed by atoms with Gasteiger partial charge in [-0.05, 0) is 28.8 Å². The van der Waals surface area contributed by atoms with Gasteiger partial charge in [-0.2, -0.15) is 0 Å². The SMILES string of the molecule is COC(=O)C(O)(c1ccc(Br)cc1)C(OCc1ccccc1)(C(=O)OC)c1ccccc1. The number of hydrogen-bond acceptors (Lipinski definition) is 6. The normalized spacial score (nSPS) is 14.6. The number of halogens is 1. The van der Waals surface area contributed by atoms with E-state index in [-0.39, 0.29) is 17.7 Å². The Morgan fingerprint density at radius 3 is 1.84 bits per heavy atom. The van der Waals surface area contributed by atoms with Crippen molar-refractivity contribution in [1.82, 2.24) is 0 Å². The molecule has 0 bridgehead atoms. The largest absolute Gasteiger partial charge is 0.467 e. The third-order valence-electron chi connectivity index (χ3n) is 5.20. The van der Waals surface area contributed by atoms with Crippen LogP contribution in [0, 0.1) is 0 Å². The summed E-state index contributed by atoms with van der Waals surface area (Å²) in [6, 6.07) is 23.7. The van der Waals surface area contributed by atoms with Gasteiger partial charge < -0.3 is 19.3 Å². The predicted octanol–water partition coefficient (Wildman–Crippen LogP) is 4.10. The van der Waals surface area contributed by atoms with Crippen LogP contribution in [0.2, 0.25) is 0 Å². The zero-order chi connectivity index (χ0) is 23.2. The molecule has 0 aliphatic carbocycles. The number of methoxy groups -OCH3 is 2. The molecule has 0 radical (unpaired) electrons. The summed E-state index contributed by atoms with van der Waals surface area (Å²) < 4.78 is 17.0. The lowest BCUT2D eigenvalue weighted by molar-refractivity contribution is -0.232. The minimum absolute atomic E-state index is 0.0827. The lowest BCUT2D eigenvalue weighted by Crippen LogP contribution is -2.61. The summed E-state index contributed by atoms with van der Waals surface area (Å²) in [7, 11) is 2.31. The first-order chi connectivity index (χ1) is 15.4. The van der Waals surface area contributed by atoms with Crippen molar-refractivity contribution in [1.29, 1.82) is 0 Å². The van der Waals surface area contributed by atoms with Crippen molar-refractivity contribution in [3.05, 3.63) is 106 Å². The van der Waals surface area contributed by atoms with Crippen LogP contribution in [0.15, 0.2) is 89.4 Å². The van der Waals surface area contributed by atoms with Gasteiger partial charge in [0.05, 0.1) is 20.8 Å². The van der Waals surface area contributed by atoms with Crippen LogP contribution in [-0.4, -0.2) is 31.3 Å². The van der Waals surface area contributed by atoms with E-state index in [2.05, 4.69) is 15.9 Å². The van der Waals surface area contributed by atoms with Crippen molar-refractivity contribution in [3.63, 3.8) is 0 Å². The Bertz CT molecular complexity index is 1050. The number of benzene rings is 3. The molecule has 7 heteroatoms. The minimum Gasteiger partial charge on any atom is -0.467 e. The van der Waals surface area contributed by atoms with E-state index in [0.717, 1.165) is 17.1 Å². The molecule has 3 aromatic carbocycles. The number of hydrogen-bond donors (Lipinski definition) is 1. The van der Waals surface area contributed by atoms with Gasteiger partial charge in [0.15, 0.2) is 0 Å². The highest BCUT2D eigenvalue weighted by Crippen LogP contribution is 2.46. The lowest BCUT2D eigenvalue weighted by atomic mass is 9.72. The van der Waals surface area contributed by atoms with Gasteiger partial charge in [0, 0.05) is 4.47 Å². The summed E-state index contributed by atoms with van der Waals surface area (Å²) in [4.78, 5) is 26.6. The number of aliphatic hydroxyl groups is 1. The molecule has 0 spiro atoms. The number of rotatable bonds is 8. The summed E-state index contributed by atoms with van der Waals surface area (Å²) in [5, 5.41) is 12.1. The molecule has 0 aliphatic heterocycles. The quantitative estimate of drug-likeness (QED) is 0.471. The second kappa shape index (κ2) is 10.1. The molecular weight excluding hydrogens is 476 g/mol. The summed E-state index contributed by atoms with van der Waals surface area (Å²) in [5.41, 5.74) is -3.75. The highest BCUT2D eigenvalue weighted by molar-refractivity contribution is 9.10. The van der Waals surface area contributed by atoms with E-state index in [1.54, 1.807) is 42.5 Å². The maximum atomic E-state index is 13.4. The smallest absolute Gasteiger partial charge is 0.347 e. The molecule has 6 nitrogen and oxygen atoms in total. The molecule has 1 N–H and O–H groups in total. The van der Waals surface area contributed by atoms with Crippen LogP contribution in [0.5, 0.6) is 0 Å². The van der Waals surface area contributed by atoms with Gasteiger partial charge in [-0.25, -0.2) is 9.59 Å². The summed E-state index contributed by atoms with van der Waals surface area (Å²) in [6.45, 7) is -0.0827. The number of carbonyl (C=O) groups excluding carboxylic acids is 2. The molecule has 0 fully saturated rings. The minimum atomic E-state index is -2.56.